The molecule has 10 heteroatoms. The highest BCUT2D eigenvalue weighted by molar-refractivity contribution is 6.06. The van der Waals surface area contributed by atoms with E-state index in [0.29, 0.717) is 36.7 Å². The summed E-state index contributed by atoms with van der Waals surface area (Å²) in [6.45, 7) is 9.09. The molecule has 0 fully saturated rings. The Morgan fingerprint density at radius 2 is 1.50 bits per heavy atom. The SMILES string of the molecule is CC(C)COc1cc(C(=O)NCCN)ccc1NC(=O)c1ccc([N+](=O)[O-])c(OCC(C)C)c1. The van der Waals surface area contributed by atoms with Crippen molar-refractivity contribution in [1.82, 2.24) is 5.32 Å². The van der Waals surface area contributed by atoms with Gasteiger partial charge in [-0.05, 0) is 36.1 Å². The van der Waals surface area contributed by atoms with Gasteiger partial charge in [0.2, 0.25) is 0 Å². The van der Waals surface area contributed by atoms with E-state index >= 15 is 0 Å². The van der Waals surface area contributed by atoms with E-state index in [0.717, 1.165) is 0 Å². The quantitative estimate of drug-likeness (QED) is 0.316. The molecule has 0 atom stereocenters. The predicted octanol–water partition coefficient (Wildman–Crippen LogP) is 3.61. The Labute approximate surface area is 199 Å². The highest BCUT2D eigenvalue weighted by atomic mass is 16.6. The highest BCUT2D eigenvalue weighted by Crippen LogP contribution is 2.31. The molecule has 2 rings (SSSR count). The Balaban J connectivity index is 2.31. The minimum Gasteiger partial charge on any atom is -0.491 e. The molecule has 0 aromatic heterocycles. The van der Waals surface area contributed by atoms with Gasteiger partial charge in [0.25, 0.3) is 11.8 Å². The summed E-state index contributed by atoms with van der Waals surface area (Å²) in [5.41, 5.74) is 6.13. The normalized spacial score (nSPS) is 10.8. The van der Waals surface area contributed by atoms with Gasteiger partial charge < -0.3 is 25.8 Å². The first kappa shape index (κ1) is 26.6. The lowest BCUT2D eigenvalue weighted by atomic mass is 10.1. The molecule has 0 bridgehead atoms. The van der Waals surface area contributed by atoms with E-state index in [4.69, 9.17) is 15.2 Å². The molecule has 0 unspecified atom stereocenters. The number of ether oxygens (including phenoxy) is 2. The number of hydrogen-bond donors (Lipinski definition) is 3. The second-order valence-electron chi connectivity index (χ2n) is 8.56. The van der Waals surface area contributed by atoms with Gasteiger partial charge >= 0.3 is 5.69 Å². The van der Waals surface area contributed by atoms with E-state index in [1.165, 1.54) is 18.2 Å². The molecule has 34 heavy (non-hydrogen) atoms. The molecule has 0 radical (unpaired) electrons. The van der Waals surface area contributed by atoms with E-state index in [2.05, 4.69) is 10.6 Å². The van der Waals surface area contributed by atoms with Crippen molar-refractivity contribution in [1.29, 1.82) is 0 Å². The summed E-state index contributed by atoms with van der Waals surface area (Å²) in [6.07, 6.45) is 0. The summed E-state index contributed by atoms with van der Waals surface area (Å²) in [5, 5.41) is 16.8. The second-order valence-corrected chi connectivity index (χ2v) is 8.56. The van der Waals surface area contributed by atoms with Crippen LogP contribution in [0.2, 0.25) is 0 Å². The molecule has 0 saturated heterocycles. The Bertz CT molecular complexity index is 1020. The maximum atomic E-state index is 13.0. The van der Waals surface area contributed by atoms with Gasteiger partial charge in [-0.15, -0.1) is 0 Å². The van der Waals surface area contributed by atoms with Crippen LogP contribution in [0.1, 0.15) is 48.4 Å². The van der Waals surface area contributed by atoms with Gasteiger partial charge in [0.1, 0.15) is 5.75 Å². The van der Waals surface area contributed by atoms with Crippen LogP contribution in [0.4, 0.5) is 11.4 Å². The number of carbonyl (C=O) groups is 2. The van der Waals surface area contributed by atoms with Crippen molar-refractivity contribution >= 4 is 23.2 Å². The van der Waals surface area contributed by atoms with Crippen molar-refractivity contribution < 1.29 is 24.0 Å². The van der Waals surface area contributed by atoms with Crippen LogP contribution in [0.15, 0.2) is 36.4 Å². The summed E-state index contributed by atoms with van der Waals surface area (Å²) in [5.74, 6) is -0.0822. The molecule has 2 aromatic carbocycles. The molecule has 10 nitrogen and oxygen atoms in total. The van der Waals surface area contributed by atoms with Crippen molar-refractivity contribution in [2.75, 3.05) is 31.6 Å². The smallest absolute Gasteiger partial charge is 0.310 e. The summed E-state index contributed by atoms with van der Waals surface area (Å²) < 4.78 is 11.4. The van der Waals surface area contributed by atoms with Crippen molar-refractivity contribution in [3.8, 4) is 11.5 Å². The fourth-order valence-electron chi connectivity index (χ4n) is 2.80. The topological polar surface area (TPSA) is 146 Å². The van der Waals surface area contributed by atoms with Crippen LogP contribution >= 0.6 is 0 Å². The predicted molar refractivity (Wildman–Crippen MR) is 130 cm³/mol. The van der Waals surface area contributed by atoms with Crippen molar-refractivity contribution in [2.45, 2.75) is 27.7 Å². The number of nitrogens with zero attached hydrogens (tertiary/aromatic N) is 1. The molecular weight excluding hydrogens is 440 g/mol. The first-order chi connectivity index (χ1) is 16.1. The zero-order valence-corrected chi connectivity index (χ0v) is 19.9. The fourth-order valence-corrected chi connectivity index (χ4v) is 2.80. The lowest BCUT2D eigenvalue weighted by Crippen LogP contribution is -2.29. The minimum atomic E-state index is -0.552. The van der Waals surface area contributed by atoms with Crippen LogP contribution in [0.5, 0.6) is 11.5 Å². The molecule has 2 aromatic rings. The Hall–Kier alpha value is -3.66. The van der Waals surface area contributed by atoms with Gasteiger partial charge in [0.15, 0.2) is 5.75 Å². The molecule has 0 aliphatic heterocycles. The molecule has 0 aliphatic carbocycles. The molecular formula is C24H32N4O6. The average molecular weight is 473 g/mol. The molecule has 0 spiro atoms. The first-order valence-electron chi connectivity index (χ1n) is 11.1. The number of nitro benzene ring substituents is 1. The Kier molecular flexibility index (Phi) is 9.81. The molecule has 0 saturated carbocycles. The van der Waals surface area contributed by atoms with Crippen LogP contribution in [-0.2, 0) is 0 Å². The highest BCUT2D eigenvalue weighted by Gasteiger charge is 2.20. The van der Waals surface area contributed by atoms with Gasteiger partial charge in [-0.2, -0.15) is 0 Å². The minimum absolute atomic E-state index is 0.0227. The molecule has 0 heterocycles. The standard InChI is InChI=1S/C24H32N4O6/c1-15(2)13-33-21-11-17(23(29)26-10-9-25)5-7-19(21)27-24(30)18-6-8-20(28(31)32)22(12-18)34-14-16(3)4/h5-8,11-12,15-16H,9-10,13-14,25H2,1-4H3,(H,26,29)(H,27,30). The maximum Gasteiger partial charge on any atom is 0.310 e. The third-order valence-corrected chi connectivity index (χ3v) is 4.48. The number of nitrogens with two attached hydrogens (primary N) is 1. The third kappa shape index (κ3) is 7.73. The molecule has 2 amide bonds. The van der Waals surface area contributed by atoms with Crippen LogP contribution in [0.25, 0.3) is 0 Å². The number of carbonyl (C=O) groups excluding carboxylic acids is 2. The third-order valence-electron chi connectivity index (χ3n) is 4.48. The number of hydrogen-bond acceptors (Lipinski definition) is 7. The first-order valence-corrected chi connectivity index (χ1v) is 11.1. The van der Waals surface area contributed by atoms with E-state index in [-0.39, 0.29) is 41.4 Å². The molecule has 184 valence electrons. The van der Waals surface area contributed by atoms with Gasteiger partial charge in [-0.3, -0.25) is 19.7 Å². The largest absolute Gasteiger partial charge is 0.491 e. The molecule has 0 aliphatic rings. The van der Waals surface area contributed by atoms with Crippen LogP contribution in [0.3, 0.4) is 0 Å². The van der Waals surface area contributed by atoms with Gasteiger partial charge in [-0.25, -0.2) is 0 Å². The van der Waals surface area contributed by atoms with Crippen LogP contribution in [-0.4, -0.2) is 43.0 Å². The summed E-state index contributed by atoms with van der Waals surface area (Å²) in [7, 11) is 0. The van der Waals surface area contributed by atoms with E-state index in [1.807, 2.05) is 27.7 Å². The monoisotopic (exact) mass is 472 g/mol. The van der Waals surface area contributed by atoms with Crippen molar-refractivity contribution in [2.24, 2.45) is 17.6 Å². The number of rotatable bonds is 12. The van der Waals surface area contributed by atoms with Crippen molar-refractivity contribution in [3.63, 3.8) is 0 Å². The Morgan fingerprint density at radius 3 is 2.09 bits per heavy atom. The zero-order valence-electron chi connectivity index (χ0n) is 19.9. The van der Waals surface area contributed by atoms with Crippen LogP contribution in [0, 0.1) is 22.0 Å². The molecule has 4 N–H and O–H groups in total. The summed E-state index contributed by atoms with van der Waals surface area (Å²) in [4.78, 5) is 36.0. The number of nitro groups is 1. The summed E-state index contributed by atoms with van der Waals surface area (Å²) in [6, 6.07) is 8.64. The second kappa shape index (κ2) is 12.5. The lowest BCUT2D eigenvalue weighted by Gasteiger charge is -2.16. The van der Waals surface area contributed by atoms with E-state index < -0.39 is 10.8 Å². The zero-order chi connectivity index (χ0) is 25.3. The van der Waals surface area contributed by atoms with Crippen LogP contribution < -0.4 is 25.8 Å². The average Bonchev–Trinajstić information content (AvgIpc) is 2.79. The lowest BCUT2D eigenvalue weighted by molar-refractivity contribution is -0.385. The fraction of sp³-hybridized carbons (Fsp3) is 0.417. The van der Waals surface area contributed by atoms with Crippen molar-refractivity contribution in [3.05, 3.63) is 57.6 Å². The number of benzene rings is 2. The van der Waals surface area contributed by atoms with Gasteiger partial charge in [-0.1, -0.05) is 27.7 Å². The maximum absolute atomic E-state index is 13.0. The number of anilines is 1. The van der Waals surface area contributed by atoms with E-state index in [9.17, 15) is 19.7 Å². The number of nitrogens with one attached hydrogen (secondary N) is 2. The van der Waals surface area contributed by atoms with E-state index in [1.54, 1.807) is 18.2 Å². The Morgan fingerprint density at radius 1 is 0.941 bits per heavy atom. The van der Waals surface area contributed by atoms with Gasteiger partial charge in [0, 0.05) is 36.3 Å². The van der Waals surface area contributed by atoms with Gasteiger partial charge in [0.05, 0.1) is 23.8 Å². The number of amides is 2. The summed E-state index contributed by atoms with van der Waals surface area (Å²) >= 11 is 0.